The number of benzene rings is 2. The van der Waals surface area contributed by atoms with E-state index in [0.717, 1.165) is 22.1 Å². The molecule has 1 aliphatic rings. The Balaban J connectivity index is 1.90. The van der Waals surface area contributed by atoms with E-state index in [0.29, 0.717) is 19.6 Å². The monoisotopic (exact) mass is 327 g/mol. The van der Waals surface area contributed by atoms with Crippen LogP contribution < -0.4 is 4.74 Å². The van der Waals surface area contributed by atoms with Crippen LogP contribution in [-0.4, -0.2) is 42.7 Å². The van der Waals surface area contributed by atoms with Crippen molar-refractivity contribution in [2.45, 2.75) is 38.8 Å². The Kier molecular flexibility index (Phi) is 4.50. The molecule has 4 heteroatoms. The lowest BCUT2D eigenvalue weighted by molar-refractivity contribution is -0.152. The molecule has 0 saturated carbocycles. The molecule has 0 radical (unpaired) electrons. The normalized spacial score (nSPS) is 20.2. The summed E-state index contributed by atoms with van der Waals surface area (Å²) < 4.78 is 11.0. The van der Waals surface area contributed by atoms with Crippen molar-refractivity contribution in [3.63, 3.8) is 0 Å². The summed E-state index contributed by atoms with van der Waals surface area (Å²) >= 11 is 0. The van der Waals surface area contributed by atoms with Gasteiger partial charge in [-0.15, -0.1) is 0 Å². The van der Waals surface area contributed by atoms with Crippen LogP contribution in [0.5, 0.6) is 5.75 Å². The van der Waals surface area contributed by atoms with Crippen LogP contribution in [0.1, 0.15) is 26.3 Å². The number of rotatable bonds is 3. The Morgan fingerprint density at radius 1 is 1.33 bits per heavy atom. The number of morpholine rings is 1. The van der Waals surface area contributed by atoms with E-state index in [4.69, 9.17) is 9.47 Å². The van der Waals surface area contributed by atoms with Gasteiger partial charge in [0, 0.05) is 6.54 Å². The van der Waals surface area contributed by atoms with Gasteiger partial charge in [-0.1, -0.05) is 24.3 Å². The summed E-state index contributed by atoms with van der Waals surface area (Å²) in [5, 5.41) is 2.19. The van der Waals surface area contributed by atoms with Gasteiger partial charge in [-0.05, 0) is 49.2 Å². The van der Waals surface area contributed by atoms with Crippen LogP contribution in [-0.2, 0) is 16.0 Å². The maximum Gasteiger partial charge on any atom is 0.227 e. The van der Waals surface area contributed by atoms with Crippen molar-refractivity contribution in [2.24, 2.45) is 0 Å². The Morgan fingerprint density at radius 3 is 2.88 bits per heavy atom. The molecule has 4 nitrogen and oxygen atoms in total. The van der Waals surface area contributed by atoms with Gasteiger partial charge in [0.05, 0.1) is 31.8 Å². The topological polar surface area (TPSA) is 38.8 Å². The molecule has 2 aromatic carbocycles. The van der Waals surface area contributed by atoms with E-state index in [1.807, 2.05) is 42.2 Å². The van der Waals surface area contributed by atoms with Gasteiger partial charge < -0.3 is 14.4 Å². The predicted molar refractivity (Wildman–Crippen MR) is 95.4 cm³/mol. The highest BCUT2D eigenvalue weighted by Crippen LogP contribution is 2.27. The third-order valence-electron chi connectivity index (χ3n) is 4.71. The first kappa shape index (κ1) is 16.8. The number of hydrogen-bond donors (Lipinski definition) is 0. The molecule has 1 amide bonds. The molecular formula is C20H25NO3. The zero-order chi connectivity index (χ0) is 17.3. The van der Waals surface area contributed by atoms with E-state index in [1.165, 1.54) is 0 Å². The highest BCUT2D eigenvalue weighted by molar-refractivity contribution is 5.91. The summed E-state index contributed by atoms with van der Waals surface area (Å²) in [6.07, 6.45) is 0.468. The van der Waals surface area contributed by atoms with Gasteiger partial charge >= 0.3 is 0 Å². The summed E-state index contributed by atoms with van der Waals surface area (Å²) in [5.74, 6) is 0.952. The molecule has 128 valence electrons. The molecule has 24 heavy (non-hydrogen) atoms. The quantitative estimate of drug-likeness (QED) is 0.867. The Morgan fingerprint density at radius 2 is 2.12 bits per heavy atom. The SMILES string of the molecule is COc1ccc2cccc(CC(=O)N3CC(C)OCC3(C)C)c2c1. The lowest BCUT2D eigenvalue weighted by Gasteiger charge is -2.44. The molecule has 1 unspecified atom stereocenters. The first-order valence-electron chi connectivity index (χ1n) is 8.38. The summed E-state index contributed by atoms with van der Waals surface area (Å²) in [6.45, 7) is 7.34. The van der Waals surface area contributed by atoms with Gasteiger partial charge in [-0.3, -0.25) is 4.79 Å². The lowest BCUT2D eigenvalue weighted by Crippen LogP contribution is -2.58. The van der Waals surface area contributed by atoms with Crippen molar-refractivity contribution >= 4 is 16.7 Å². The number of hydrogen-bond acceptors (Lipinski definition) is 3. The van der Waals surface area contributed by atoms with Crippen molar-refractivity contribution in [1.29, 1.82) is 0 Å². The molecular weight excluding hydrogens is 302 g/mol. The van der Waals surface area contributed by atoms with Gasteiger partial charge in [-0.25, -0.2) is 0 Å². The van der Waals surface area contributed by atoms with Gasteiger partial charge in [0.1, 0.15) is 5.75 Å². The van der Waals surface area contributed by atoms with Gasteiger partial charge in [0.2, 0.25) is 5.91 Å². The number of fused-ring (bicyclic) bond motifs is 1. The number of carbonyl (C=O) groups excluding carboxylic acids is 1. The summed E-state index contributed by atoms with van der Waals surface area (Å²) in [4.78, 5) is 14.9. The molecule has 3 rings (SSSR count). The van der Waals surface area contributed by atoms with Crippen molar-refractivity contribution in [1.82, 2.24) is 4.90 Å². The molecule has 0 aromatic heterocycles. The first-order chi connectivity index (χ1) is 11.4. The molecule has 1 aliphatic heterocycles. The van der Waals surface area contributed by atoms with Crippen LogP contribution in [0, 0.1) is 0 Å². The summed E-state index contributed by atoms with van der Waals surface area (Å²) in [7, 11) is 1.66. The average Bonchev–Trinajstić information content (AvgIpc) is 2.57. The van der Waals surface area contributed by atoms with Crippen LogP contribution in [0.4, 0.5) is 0 Å². The van der Waals surface area contributed by atoms with Gasteiger partial charge in [0.25, 0.3) is 0 Å². The van der Waals surface area contributed by atoms with E-state index < -0.39 is 0 Å². The van der Waals surface area contributed by atoms with Crippen molar-refractivity contribution in [3.05, 3.63) is 42.0 Å². The molecule has 1 atom stereocenters. The van der Waals surface area contributed by atoms with Crippen LogP contribution >= 0.6 is 0 Å². The summed E-state index contributed by atoms with van der Waals surface area (Å²) in [5.41, 5.74) is 0.762. The van der Waals surface area contributed by atoms with Crippen LogP contribution in [0.25, 0.3) is 10.8 Å². The highest BCUT2D eigenvalue weighted by atomic mass is 16.5. The minimum absolute atomic E-state index is 0.0783. The standard InChI is InChI=1S/C20H25NO3/c1-14-12-21(20(2,3)13-24-14)19(22)10-16-7-5-6-15-8-9-17(23-4)11-18(15)16/h5-9,11,14H,10,12-13H2,1-4H3. The number of carbonyl (C=O) groups is 1. The predicted octanol–water partition coefficient (Wildman–Crippen LogP) is 3.42. The molecule has 1 saturated heterocycles. The lowest BCUT2D eigenvalue weighted by atomic mass is 9.97. The summed E-state index contributed by atoms with van der Waals surface area (Å²) in [6, 6.07) is 12.1. The fraction of sp³-hybridized carbons (Fsp3) is 0.450. The van der Waals surface area contributed by atoms with E-state index in [-0.39, 0.29) is 17.6 Å². The third-order valence-corrected chi connectivity index (χ3v) is 4.71. The Labute approximate surface area is 143 Å². The molecule has 1 fully saturated rings. The molecule has 2 aromatic rings. The Bertz CT molecular complexity index is 754. The third kappa shape index (κ3) is 3.24. The zero-order valence-electron chi connectivity index (χ0n) is 14.8. The highest BCUT2D eigenvalue weighted by Gasteiger charge is 2.36. The molecule has 0 N–H and O–H groups in total. The van der Waals surface area contributed by atoms with Crippen LogP contribution in [0.2, 0.25) is 0 Å². The van der Waals surface area contributed by atoms with E-state index >= 15 is 0 Å². The van der Waals surface area contributed by atoms with E-state index in [1.54, 1.807) is 7.11 Å². The fourth-order valence-electron chi connectivity index (χ4n) is 3.28. The van der Waals surface area contributed by atoms with Crippen molar-refractivity contribution in [2.75, 3.05) is 20.3 Å². The number of amides is 1. The minimum atomic E-state index is -0.272. The number of nitrogens with zero attached hydrogens (tertiary/aromatic N) is 1. The number of ether oxygens (including phenoxy) is 2. The van der Waals surface area contributed by atoms with Gasteiger partial charge in [0.15, 0.2) is 0 Å². The number of methoxy groups -OCH3 is 1. The largest absolute Gasteiger partial charge is 0.497 e. The van der Waals surface area contributed by atoms with Crippen LogP contribution in [0.15, 0.2) is 36.4 Å². The van der Waals surface area contributed by atoms with Crippen molar-refractivity contribution in [3.8, 4) is 5.75 Å². The van der Waals surface area contributed by atoms with Crippen molar-refractivity contribution < 1.29 is 14.3 Å². The van der Waals surface area contributed by atoms with E-state index in [2.05, 4.69) is 19.9 Å². The zero-order valence-corrected chi connectivity index (χ0v) is 14.8. The van der Waals surface area contributed by atoms with E-state index in [9.17, 15) is 4.79 Å². The maximum atomic E-state index is 13.0. The molecule has 0 spiro atoms. The molecule has 0 bridgehead atoms. The smallest absolute Gasteiger partial charge is 0.227 e. The fourth-order valence-corrected chi connectivity index (χ4v) is 3.28. The molecule has 0 aliphatic carbocycles. The molecule has 1 heterocycles. The second kappa shape index (κ2) is 6.44. The average molecular weight is 327 g/mol. The maximum absolute atomic E-state index is 13.0. The van der Waals surface area contributed by atoms with Gasteiger partial charge in [-0.2, -0.15) is 0 Å². The van der Waals surface area contributed by atoms with Crippen LogP contribution in [0.3, 0.4) is 0 Å². The Hall–Kier alpha value is -2.07. The minimum Gasteiger partial charge on any atom is -0.497 e. The second-order valence-electron chi connectivity index (χ2n) is 7.12. The first-order valence-corrected chi connectivity index (χ1v) is 8.38. The second-order valence-corrected chi connectivity index (χ2v) is 7.12.